The Morgan fingerprint density at radius 2 is 1.51 bits per heavy atom. The van der Waals surface area contributed by atoms with Crippen molar-refractivity contribution in [2.24, 2.45) is 0 Å². The van der Waals surface area contributed by atoms with Gasteiger partial charge in [0.25, 0.3) is 0 Å². The smallest absolute Gasteiger partial charge is 0.303 e. The van der Waals surface area contributed by atoms with Crippen LogP contribution in [0.5, 0.6) is 0 Å². The number of fused-ring (bicyclic) bond motifs is 1. The van der Waals surface area contributed by atoms with Gasteiger partial charge in [-0.25, -0.2) is 0 Å². The predicted octanol–water partition coefficient (Wildman–Crippen LogP) is 2.01. The summed E-state index contributed by atoms with van der Waals surface area (Å²) in [4.78, 5) is 47.1. The average molecular weight is 488 g/mol. The molecule has 1 heterocycles. The van der Waals surface area contributed by atoms with Crippen LogP contribution in [0.3, 0.4) is 0 Å². The maximum absolute atomic E-state index is 12.0. The van der Waals surface area contributed by atoms with E-state index in [2.05, 4.69) is 5.32 Å². The fourth-order valence-corrected chi connectivity index (χ4v) is 3.94. The number of benzene rings is 2. The minimum absolute atomic E-state index is 0.108. The molecule has 0 spiro atoms. The first kappa shape index (κ1) is 26.1. The van der Waals surface area contributed by atoms with Gasteiger partial charge < -0.3 is 29.0 Å². The largest absolute Gasteiger partial charge is 0.463 e. The summed E-state index contributed by atoms with van der Waals surface area (Å²) < 4.78 is 28.0. The average Bonchev–Trinajstić information content (AvgIpc) is 2.78. The van der Waals surface area contributed by atoms with Gasteiger partial charge in [-0.15, -0.1) is 0 Å². The van der Waals surface area contributed by atoms with Crippen LogP contribution in [0.2, 0.25) is 0 Å². The molecule has 0 unspecified atom stereocenters. The number of hydrogen-bond donors (Lipinski definition) is 1. The fraction of sp³-hybridized carbons (Fsp3) is 0.440. The van der Waals surface area contributed by atoms with E-state index >= 15 is 0 Å². The lowest BCUT2D eigenvalue weighted by Crippen LogP contribution is -2.66. The maximum atomic E-state index is 12.0. The molecule has 10 nitrogen and oxygen atoms in total. The molecule has 1 amide bonds. The van der Waals surface area contributed by atoms with Crippen molar-refractivity contribution in [3.8, 4) is 0 Å². The molecule has 0 radical (unpaired) electrons. The third-order valence-electron chi connectivity index (χ3n) is 5.30. The van der Waals surface area contributed by atoms with Crippen LogP contribution in [0.15, 0.2) is 42.5 Å². The maximum Gasteiger partial charge on any atom is 0.303 e. The first-order chi connectivity index (χ1) is 16.6. The van der Waals surface area contributed by atoms with Crippen molar-refractivity contribution in [2.75, 3.05) is 6.61 Å². The van der Waals surface area contributed by atoms with Gasteiger partial charge in [-0.05, 0) is 22.4 Å². The Kier molecular flexibility index (Phi) is 8.78. The number of nitrogens with one attached hydrogen (secondary N) is 1. The van der Waals surface area contributed by atoms with Gasteiger partial charge in [0.2, 0.25) is 5.91 Å². The molecule has 5 atom stereocenters. The Bertz CT molecular complexity index is 1090. The third-order valence-corrected chi connectivity index (χ3v) is 5.30. The number of rotatable bonds is 8. The van der Waals surface area contributed by atoms with E-state index in [-0.39, 0.29) is 13.2 Å². The molecule has 1 saturated heterocycles. The van der Waals surface area contributed by atoms with Gasteiger partial charge in [-0.3, -0.25) is 19.2 Å². The minimum Gasteiger partial charge on any atom is -0.463 e. The molecule has 1 aliphatic rings. The van der Waals surface area contributed by atoms with Crippen molar-refractivity contribution in [1.82, 2.24) is 5.32 Å². The summed E-state index contributed by atoms with van der Waals surface area (Å²) in [5.41, 5.74) is 0.844. The highest BCUT2D eigenvalue weighted by Gasteiger charge is 2.51. The standard InChI is InChI=1S/C25H29NO9/c1-14(27)26-22-24(34-17(4)30)23(33-16(3)29)21(13-31-15(2)28)35-25(22)32-12-18-9-10-19-7-5-6-8-20(19)11-18/h5-11,21-25H,12-13H2,1-4H3,(H,26,27)/t21-,22+,23+,24-,25-/m0/s1. The lowest BCUT2D eigenvalue weighted by atomic mass is 9.96. The van der Waals surface area contributed by atoms with Crippen LogP contribution in [-0.4, -0.2) is 61.1 Å². The van der Waals surface area contributed by atoms with Crippen molar-refractivity contribution in [3.05, 3.63) is 48.0 Å². The summed E-state index contributed by atoms with van der Waals surface area (Å²) in [5.74, 6) is -2.34. The van der Waals surface area contributed by atoms with E-state index in [1.165, 1.54) is 27.7 Å². The Hall–Kier alpha value is -3.50. The number of carbonyl (C=O) groups excluding carboxylic acids is 4. The highest BCUT2D eigenvalue weighted by molar-refractivity contribution is 5.83. The lowest BCUT2D eigenvalue weighted by Gasteiger charge is -2.44. The van der Waals surface area contributed by atoms with Crippen LogP contribution < -0.4 is 5.32 Å². The third kappa shape index (κ3) is 7.24. The predicted molar refractivity (Wildman–Crippen MR) is 123 cm³/mol. The Morgan fingerprint density at radius 3 is 2.14 bits per heavy atom. The molecular weight excluding hydrogens is 458 g/mol. The van der Waals surface area contributed by atoms with Gasteiger partial charge in [0, 0.05) is 27.7 Å². The molecule has 0 aliphatic carbocycles. The van der Waals surface area contributed by atoms with Crippen molar-refractivity contribution < 1.29 is 42.9 Å². The molecule has 2 aromatic rings. The van der Waals surface area contributed by atoms with Gasteiger partial charge in [0.05, 0.1) is 6.61 Å². The molecule has 0 saturated carbocycles. The number of ether oxygens (including phenoxy) is 5. The van der Waals surface area contributed by atoms with Crippen molar-refractivity contribution in [2.45, 2.75) is 64.9 Å². The van der Waals surface area contributed by atoms with Crippen LogP contribution in [0.1, 0.15) is 33.3 Å². The molecular formula is C25H29NO9. The Balaban J connectivity index is 1.90. The summed E-state index contributed by atoms with van der Waals surface area (Å²) in [6.07, 6.45) is -4.44. The normalized spacial score (nSPS) is 23.8. The Labute approximate surface area is 202 Å². The van der Waals surface area contributed by atoms with E-state index in [0.29, 0.717) is 0 Å². The monoisotopic (exact) mass is 487 g/mol. The summed E-state index contributed by atoms with van der Waals surface area (Å²) in [5, 5.41) is 4.77. The zero-order valence-electron chi connectivity index (χ0n) is 20.0. The second kappa shape index (κ2) is 11.8. The van der Waals surface area contributed by atoms with Crippen LogP contribution in [0, 0.1) is 0 Å². The zero-order valence-corrected chi connectivity index (χ0v) is 20.0. The van der Waals surface area contributed by atoms with Gasteiger partial charge in [0.1, 0.15) is 18.8 Å². The van der Waals surface area contributed by atoms with Gasteiger partial charge in [-0.1, -0.05) is 36.4 Å². The van der Waals surface area contributed by atoms with E-state index in [1.807, 2.05) is 42.5 Å². The highest BCUT2D eigenvalue weighted by Crippen LogP contribution is 2.29. The number of amides is 1. The number of hydrogen-bond acceptors (Lipinski definition) is 9. The first-order valence-corrected chi connectivity index (χ1v) is 11.1. The molecule has 0 aromatic heterocycles. The van der Waals surface area contributed by atoms with Crippen molar-refractivity contribution in [1.29, 1.82) is 0 Å². The van der Waals surface area contributed by atoms with E-state index in [9.17, 15) is 19.2 Å². The van der Waals surface area contributed by atoms with Crippen LogP contribution >= 0.6 is 0 Å². The lowest BCUT2D eigenvalue weighted by molar-refractivity contribution is -0.280. The zero-order chi connectivity index (χ0) is 25.5. The summed E-state index contributed by atoms with van der Waals surface area (Å²) in [6.45, 7) is 4.71. The SMILES string of the molecule is CC(=O)N[C@H]1[C@@H](OCc2ccc3ccccc3c2)O[C@@H](COC(C)=O)[C@@H](OC(C)=O)[C@H]1OC(C)=O. The summed E-state index contributed by atoms with van der Waals surface area (Å²) >= 11 is 0. The van der Waals surface area contributed by atoms with Gasteiger partial charge >= 0.3 is 17.9 Å². The minimum atomic E-state index is -1.16. The van der Waals surface area contributed by atoms with Crippen LogP contribution in [0.25, 0.3) is 10.8 Å². The van der Waals surface area contributed by atoms with E-state index in [1.54, 1.807) is 0 Å². The molecule has 1 aliphatic heterocycles. The molecule has 1 N–H and O–H groups in total. The van der Waals surface area contributed by atoms with Crippen molar-refractivity contribution in [3.63, 3.8) is 0 Å². The molecule has 188 valence electrons. The van der Waals surface area contributed by atoms with Crippen molar-refractivity contribution >= 4 is 34.6 Å². The summed E-state index contributed by atoms with van der Waals surface area (Å²) in [6, 6.07) is 12.7. The Morgan fingerprint density at radius 1 is 0.857 bits per heavy atom. The number of carbonyl (C=O) groups is 4. The molecule has 0 bridgehead atoms. The van der Waals surface area contributed by atoms with Crippen LogP contribution in [0.4, 0.5) is 0 Å². The first-order valence-electron chi connectivity index (χ1n) is 11.1. The quantitative estimate of drug-likeness (QED) is 0.439. The molecule has 35 heavy (non-hydrogen) atoms. The van der Waals surface area contributed by atoms with E-state index < -0.39 is 54.5 Å². The van der Waals surface area contributed by atoms with E-state index in [4.69, 9.17) is 23.7 Å². The van der Waals surface area contributed by atoms with Gasteiger partial charge in [0.15, 0.2) is 18.5 Å². The number of esters is 3. The molecule has 3 rings (SSSR count). The van der Waals surface area contributed by atoms with E-state index in [0.717, 1.165) is 16.3 Å². The van der Waals surface area contributed by atoms with Crippen LogP contribution in [-0.2, 0) is 49.5 Å². The molecule has 1 fully saturated rings. The highest BCUT2D eigenvalue weighted by atomic mass is 16.7. The summed E-state index contributed by atoms with van der Waals surface area (Å²) in [7, 11) is 0. The second-order valence-electron chi connectivity index (χ2n) is 8.21. The van der Waals surface area contributed by atoms with Gasteiger partial charge in [-0.2, -0.15) is 0 Å². The molecule has 10 heteroatoms. The second-order valence-corrected chi connectivity index (χ2v) is 8.21. The molecule has 2 aromatic carbocycles. The fourth-order valence-electron chi connectivity index (χ4n) is 3.94. The topological polar surface area (TPSA) is 126 Å².